The second kappa shape index (κ2) is 16.4. The van der Waals surface area contributed by atoms with E-state index < -0.39 is 8.80 Å². The fraction of sp³-hybridized carbons (Fsp3) is 1.00. The molecule has 0 rings (SSSR count). The molecule has 0 spiro atoms. The molecule has 0 unspecified atom stereocenters. The van der Waals surface area contributed by atoms with Crippen LogP contribution in [0.1, 0.15) is 78.6 Å². The highest BCUT2D eigenvalue weighted by molar-refractivity contribution is 9.09. The van der Waals surface area contributed by atoms with Gasteiger partial charge in [0.2, 0.25) is 0 Å². The van der Waals surface area contributed by atoms with E-state index in [9.17, 15) is 0 Å². The molecule has 0 aliphatic heterocycles. The summed E-state index contributed by atoms with van der Waals surface area (Å²) < 4.78 is 18.7. The standard InChI is InChI=1S/C17H37BrO3Si/c1-4-7-14-19-22(20-15-8-5-2,21-16-9-6-3)17-12-10-11-13-18/h4-17H2,1-3H3. The van der Waals surface area contributed by atoms with Crippen LogP contribution in [0.15, 0.2) is 0 Å². The van der Waals surface area contributed by atoms with Crippen LogP contribution >= 0.6 is 15.9 Å². The molecule has 0 heterocycles. The average molecular weight is 397 g/mol. The molecule has 0 aromatic carbocycles. The molecule has 134 valence electrons. The number of rotatable bonds is 17. The number of halogens is 1. The van der Waals surface area contributed by atoms with Gasteiger partial charge >= 0.3 is 8.80 Å². The Balaban J connectivity index is 4.53. The predicted octanol–water partition coefficient (Wildman–Crippen LogP) is 5.94. The third kappa shape index (κ3) is 12.1. The molecule has 0 atom stereocenters. The maximum atomic E-state index is 6.23. The van der Waals surface area contributed by atoms with E-state index in [4.69, 9.17) is 13.3 Å². The van der Waals surface area contributed by atoms with Crippen molar-refractivity contribution in [2.45, 2.75) is 84.6 Å². The molecule has 22 heavy (non-hydrogen) atoms. The maximum Gasteiger partial charge on any atom is 0.500 e. The van der Waals surface area contributed by atoms with Crippen LogP contribution in [0.3, 0.4) is 0 Å². The minimum Gasteiger partial charge on any atom is -0.373 e. The van der Waals surface area contributed by atoms with E-state index in [-0.39, 0.29) is 0 Å². The molecule has 3 nitrogen and oxygen atoms in total. The van der Waals surface area contributed by atoms with Gasteiger partial charge in [-0.05, 0) is 32.1 Å². The molecule has 5 heteroatoms. The van der Waals surface area contributed by atoms with E-state index in [1.807, 2.05) is 0 Å². The zero-order chi connectivity index (χ0) is 16.5. The summed E-state index contributed by atoms with van der Waals surface area (Å²) in [5.74, 6) is 0. The van der Waals surface area contributed by atoms with Gasteiger partial charge in [0.15, 0.2) is 0 Å². The van der Waals surface area contributed by atoms with E-state index in [2.05, 4.69) is 36.7 Å². The van der Waals surface area contributed by atoms with Crippen LogP contribution in [0.4, 0.5) is 0 Å². The highest BCUT2D eigenvalue weighted by Gasteiger charge is 2.40. The monoisotopic (exact) mass is 396 g/mol. The summed E-state index contributed by atoms with van der Waals surface area (Å²) in [6.07, 6.45) is 10.3. The largest absolute Gasteiger partial charge is 0.500 e. The van der Waals surface area contributed by atoms with Gasteiger partial charge in [-0.2, -0.15) is 0 Å². The fourth-order valence-corrected chi connectivity index (χ4v) is 5.20. The molecule has 0 fully saturated rings. The molecule has 0 bridgehead atoms. The first-order chi connectivity index (χ1) is 10.7. The molecule has 0 N–H and O–H groups in total. The maximum absolute atomic E-state index is 6.23. The number of hydrogen-bond donors (Lipinski definition) is 0. The Hall–Kier alpha value is 0.577. The lowest BCUT2D eigenvalue weighted by Gasteiger charge is -2.30. The third-order valence-corrected chi connectivity index (χ3v) is 7.03. The van der Waals surface area contributed by atoms with E-state index in [1.165, 1.54) is 12.8 Å². The van der Waals surface area contributed by atoms with Crippen molar-refractivity contribution in [1.29, 1.82) is 0 Å². The summed E-state index contributed by atoms with van der Waals surface area (Å²) in [5.41, 5.74) is 0. The number of alkyl halides is 1. The zero-order valence-electron chi connectivity index (χ0n) is 15.0. The Kier molecular flexibility index (Phi) is 16.9. The second-order valence-electron chi connectivity index (χ2n) is 5.79. The van der Waals surface area contributed by atoms with E-state index in [0.717, 1.165) is 76.1 Å². The molecule has 0 aliphatic rings. The van der Waals surface area contributed by atoms with Crippen LogP contribution in [-0.4, -0.2) is 34.0 Å². The van der Waals surface area contributed by atoms with Crippen molar-refractivity contribution in [2.75, 3.05) is 25.2 Å². The Bertz CT molecular complexity index is 203. The predicted molar refractivity (Wildman–Crippen MR) is 101 cm³/mol. The van der Waals surface area contributed by atoms with Gasteiger partial charge in [0.1, 0.15) is 0 Å². The summed E-state index contributed by atoms with van der Waals surface area (Å²) in [5, 5.41) is 1.08. The van der Waals surface area contributed by atoms with Crippen LogP contribution in [0.25, 0.3) is 0 Å². The lowest BCUT2D eigenvalue weighted by molar-refractivity contribution is 0.0557. The summed E-state index contributed by atoms with van der Waals surface area (Å²) >= 11 is 3.50. The first-order valence-electron chi connectivity index (χ1n) is 9.22. The first kappa shape index (κ1) is 22.6. The molecular formula is C17H37BrO3Si. The number of unbranched alkanes of at least 4 members (excludes halogenated alkanes) is 5. The van der Waals surface area contributed by atoms with E-state index in [1.54, 1.807) is 0 Å². The Morgan fingerprint density at radius 3 is 1.45 bits per heavy atom. The summed E-state index contributed by atoms with van der Waals surface area (Å²) in [6.45, 7) is 8.91. The van der Waals surface area contributed by atoms with Crippen LogP contribution in [-0.2, 0) is 13.3 Å². The molecule has 0 aliphatic carbocycles. The van der Waals surface area contributed by atoms with Crippen LogP contribution in [0.2, 0.25) is 6.04 Å². The minimum atomic E-state index is -2.47. The topological polar surface area (TPSA) is 27.7 Å². The molecular weight excluding hydrogens is 360 g/mol. The Morgan fingerprint density at radius 1 is 0.636 bits per heavy atom. The van der Waals surface area contributed by atoms with Gasteiger partial charge in [-0.1, -0.05) is 62.4 Å². The van der Waals surface area contributed by atoms with Crippen molar-refractivity contribution in [3.63, 3.8) is 0 Å². The second-order valence-corrected chi connectivity index (χ2v) is 9.31. The third-order valence-electron chi connectivity index (χ3n) is 3.58. The van der Waals surface area contributed by atoms with Gasteiger partial charge < -0.3 is 13.3 Å². The van der Waals surface area contributed by atoms with E-state index >= 15 is 0 Å². The van der Waals surface area contributed by atoms with Gasteiger partial charge in [0, 0.05) is 31.2 Å². The van der Waals surface area contributed by atoms with Gasteiger partial charge in [0.25, 0.3) is 0 Å². The Morgan fingerprint density at radius 2 is 1.09 bits per heavy atom. The molecule has 0 saturated carbocycles. The van der Waals surface area contributed by atoms with Crippen LogP contribution in [0, 0.1) is 0 Å². The van der Waals surface area contributed by atoms with Gasteiger partial charge in [-0.15, -0.1) is 0 Å². The molecule has 0 aromatic rings. The van der Waals surface area contributed by atoms with Crippen molar-refractivity contribution < 1.29 is 13.3 Å². The fourth-order valence-electron chi connectivity index (χ4n) is 2.07. The SMILES string of the molecule is CCCCO[Si](CCCCCBr)(OCCCC)OCCCC. The van der Waals surface area contributed by atoms with Crippen LogP contribution < -0.4 is 0 Å². The quantitative estimate of drug-likeness (QED) is 0.173. The lowest BCUT2D eigenvalue weighted by Crippen LogP contribution is -2.46. The van der Waals surface area contributed by atoms with Crippen molar-refractivity contribution in [2.24, 2.45) is 0 Å². The number of hydrogen-bond acceptors (Lipinski definition) is 3. The average Bonchev–Trinajstić information content (AvgIpc) is 2.52. The summed E-state index contributed by atoms with van der Waals surface area (Å²) in [4.78, 5) is 0. The summed E-state index contributed by atoms with van der Waals surface area (Å²) in [7, 11) is -2.47. The first-order valence-corrected chi connectivity index (χ1v) is 12.3. The van der Waals surface area contributed by atoms with Crippen molar-refractivity contribution in [3.05, 3.63) is 0 Å². The van der Waals surface area contributed by atoms with E-state index in [0.29, 0.717) is 0 Å². The zero-order valence-corrected chi connectivity index (χ0v) is 17.6. The van der Waals surface area contributed by atoms with Crippen molar-refractivity contribution >= 4 is 24.7 Å². The Labute approximate surface area is 148 Å². The van der Waals surface area contributed by atoms with Gasteiger partial charge in [-0.3, -0.25) is 0 Å². The molecule has 0 radical (unpaired) electrons. The lowest BCUT2D eigenvalue weighted by atomic mass is 10.3. The minimum absolute atomic E-state index is 0.777. The smallest absolute Gasteiger partial charge is 0.373 e. The van der Waals surface area contributed by atoms with Crippen molar-refractivity contribution in [1.82, 2.24) is 0 Å². The summed E-state index contributed by atoms with van der Waals surface area (Å²) in [6, 6.07) is 0.969. The molecule has 0 saturated heterocycles. The van der Waals surface area contributed by atoms with Crippen LogP contribution in [0.5, 0.6) is 0 Å². The molecule has 0 amide bonds. The normalized spacial score (nSPS) is 12.0. The molecule has 0 aromatic heterocycles. The highest BCUT2D eigenvalue weighted by Crippen LogP contribution is 2.22. The van der Waals surface area contributed by atoms with Gasteiger partial charge in [-0.25, -0.2) is 0 Å². The van der Waals surface area contributed by atoms with Crippen molar-refractivity contribution in [3.8, 4) is 0 Å². The highest BCUT2D eigenvalue weighted by atomic mass is 79.9. The van der Waals surface area contributed by atoms with Gasteiger partial charge in [0.05, 0.1) is 0 Å².